The minimum Gasteiger partial charge on any atom is -0.289 e. The number of halogens is 2. The van der Waals surface area contributed by atoms with Crippen LogP contribution in [-0.4, -0.2) is 61.7 Å². The van der Waals surface area contributed by atoms with Crippen LogP contribution in [0.15, 0.2) is 47.4 Å². The average Bonchev–Trinajstić information content (AvgIpc) is 3.04. The molecule has 2 aromatic carbocycles. The van der Waals surface area contributed by atoms with E-state index in [0.29, 0.717) is 23.8 Å². The molecular weight excluding hydrogens is 461 g/mol. The predicted octanol–water partition coefficient (Wildman–Crippen LogP) is 2.94. The van der Waals surface area contributed by atoms with Crippen molar-refractivity contribution in [3.63, 3.8) is 0 Å². The van der Waals surface area contributed by atoms with Gasteiger partial charge in [0.25, 0.3) is 5.91 Å². The first-order valence-electron chi connectivity index (χ1n) is 9.81. The van der Waals surface area contributed by atoms with Crippen molar-refractivity contribution in [1.29, 1.82) is 0 Å². The lowest BCUT2D eigenvalue weighted by atomic mass is 10.2. The molecule has 2 aliphatic rings. The van der Waals surface area contributed by atoms with E-state index in [2.05, 4.69) is 0 Å². The van der Waals surface area contributed by atoms with Gasteiger partial charge in [-0.3, -0.25) is 14.5 Å². The normalized spacial score (nSPS) is 21.1. The van der Waals surface area contributed by atoms with Crippen molar-refractivity contribution >= 4 is 50.7 Å². The Morgan fingerprint density at radius 2 is 1.55 bits per heavy atom. The van der Waals surface area contributed by atoms with Crippen LogP contribution in [0.2, 0.25) is 10.0 Å². The summed E-state index contributed by atoms with van der Waals surface area (Å²) in [5.41, 5.74) is 1.37. The lowest BCUT2D eigenvalue weighted by Crippen LogP contribution is -2.53. The number of hydrogen-bond donors (Lipinski definition) is 0. The van der Waals surface area contributed by atoms with Crippen LogP contribution in [0.5, 0.6) is 0 Å². The van der Waals surface area contributed by atoms with Gasteiger partial charge in [0.2, 0.25) is 15.9 Å². The molecule has 4 rings (SSSR count). The van der Waals surface area contributed by atoms with Gasteiger partial charge in [-0.2, -0.15) is 4.31 Å². The molecule has 2 aromatic rings. The summed E-state index contributed by atoms with van der Waals surface area (Å²) >= 11 is 12.0. The number of hydrogen-bond acceptors (Lipinski definition) is 5. The third kappa shape index (κ3) is 4.23. The Morgan fingerprint density at radius 1 is 0.903 bits per heavy atom. The highest BCUT2D eigenvalue weighted by molar-refractivity contribution is 7.89. The summed E-state index contributed by atoms with van der Waals surface area (Å²) in [6.45, 7) is 3.13. The summed E-state index contributed by atoms with van der Waals surface area (Å²) in [6, 6.07) is 10.7. The number of benzene rings is 2. The third-order valence-corrected chi connectivity index (χ3v) is 8.31. The molecule has 2 aliphatic heterocycles. The van der Waals surface area contributed by atoms with Gasteiger partial charge < -0.3 is 0 Å². The highest BCUT2D eigenvalue weighted by Crippen LogP contribution is 2.31. The van der Waals surface area contributed by atoms with Gasteiger partial charge in [-0.1, -0.05) is 40.9 Å². The Bertz CT molecular complexity index is 1130. The van der Waals surface area contributed by atoms with Crippen LogP contribution in [0.1, 0.15) is 12.0 Å². The Morgan fingerprint density at radius 3 is 2.16 bits per heavy atom. The number of aryl methyl sites for hydroxylation is 1. The smallest absolute Gasteiger partial charge is 0.251 e. The van der Waals surface area contributed by atoms with Crippen LogP contribution in [0.25, 0.3) is 0 Å². The highest BCUT2D eigenvalue weighted by Gasteiger charge is 2.44. The first kappa shape index (κ1) is 22.2. The molecule has 0 radical (unpaired) electrons. The largest absolute Gasteiger partial charge is 0.289 e. The molecule has 0 bridgehead atoms. The lowest BCUT2D eigenvalue weighted by Gasteiger charge is -2.36. The van der Waals surface area contributed by atoms with Crippen LogP contribution in [0, 0.1) is 6.92 Å². The number of rotatable bonds is 4. The molecule has 7 nitrogen and oxygen atoms in total. The SMILES string of the molecule is Cc1ccc(S(=O)(=O)N2CCN([C@@H]3CC(=O)N(c4ccc(Cl)c(Cl)c4)C3=O)CC2)cc1. The van der Waals surface area contributed by atoms with Crippen LogP contribution in [0.4, 0.5) is 5.69 Å². The second-order valence-electron chi connectivity index (χ2n) is 7.64. The van der Waals surface area contributed by atoms with E-state index in [0.717, 1.165) is 10.5 Å². The van der Waals surface area contributed by atoms with Gasteiger partial charge in [0.1, 0.15) is 0 Å². The van der Waals surface area contributed by atoms with Crippen LogP contribution >= 0.6 is 23.2 Å². The van der Waals surface area contributed by atoms with Gasteiger partial charge in [0, 0.05) is 26.2 Å². The van der Waals surface area contributed by atoms with E-state index >= 15 is 0 Å². The fourth-order valence-corrected chi connectivity index (χ4v) is 5.63. The van der Waals surface area contributed by atoms with Crippen molar-refractivity contribution in [3.8, 4) is 0 Å². The second-order valence-corrected chi connectivity index (χ2v) is 10.4. The van der Waals surface area contributed by atoms with E-state index in [1.165, 1.54) is 10.4 Å². The van der Waals surface area contributed by atoms with Crippen molar-refractivity contribution in [1.82, 2.24) is 9.21 Å². The van der Waals surface area contributed by atoms with Crippen molar-refractivity contribution in [3.05, 3.63) is 58.1 Å². The second kappa shape index (κ2) is 8.52. The summed E-state index contributed by atoms with van der Waals surface area (Å²) in [5.74, 6) is -0.652. The predicted molar refractivity (Wildman–Crippen MR) is 119 cm³/mol. The zero-order valence-electron chi connectivity index (χ0n) is 16.8. The van der Waals surface area contributed by atoms with E-state index in [-0.39, 0.29) is 41.2 Å². The molecule has 31 heavy (non-hydrogen) atoms. The van der Waals surface area contributed by atoms with E-state index < -0.39 is 16.1 Å². The molecule has 0 aromatic heterocycles. The van der Waals surface area contributed by atoms with E-state index in [1.807, 2.05) is 11.8 Å². The van der Waals surface area contributed by atoms with Crippen LogP contribution in [0.3, 0.4) is 0 Å². The van der Waals surface area contributed by atoms with Gasteiger partial charge in [-0.15, -0.1) is 0 Å². The number of nitrogens with zero attached hydrogens (tertiary/aromatic N) is 3. The Kier molecular flexibility index (Phi) is 6.11. The number of anilines is 1. The van der Waals surface area contributed by atoms with Gasteiger partial charge in [0.15, 0.2) is 0 Å². The Hall–Kier alpha value is -1.97. The Balaban J connectivity index is 1.45. The Labute approximate surface area is 191 Å². The van der Waals surface area contributed by atoms with Crippen molar-refractivity contribution in [2.24, 2.45) is 0 Å². The molecular formula is C21H21Cl2N3O4S. The van der Waals surface area contributed by atoms with Crippen molar-refractivity contribution in [2.75, 3.05) is 31.1 Å². The fourth-order valence-electron chi connectivity index (χ4n) is 3.91. The molecule has 2 heterocycles. The molecule has 164 valence electrons. The number of imide groups is 1. The fraction of sp³-hybridized carbons (Fsp3) is 0.333. The molecule has 0 aliphatic carbocycles. The number of amides is 2. The van der Waals surface area contributed by atoms with Crippen LogP contribution in [-0.2, 0) is 19.6 Å². The van der Waals surface area contributed by atoms with E-state index in [1.54, 1.807) is 36.4 Å². The minimum absolute atomic E-state index is 0.0454. The molecule has 10 heteroatoms. The number of carbonyl (C=O) groups excluding carboxylic acids is 2. The number of piperazine rings is 1. The van der Waals surface area contributed by atoms with Crippen molar-refractivity contribution < 1.29 is 18.0 Å². The molecule has 2 fully saturated rings. The zero-order chi connectivity index (χ0) is 22.3. The van der Waals surface area contributed by atoms with Gasteiger partial charge in [-0.25, -0.2) is 13.3 Å². The lowest BCUT2D eigenvalue weighted by molar-refractivity contribution is -0.123. The van der Waals surface area contributed by atoms with Gasteiger partial charge in [-0.05, 0) is 37.3 Å². The average molecular weight is 482 g/mol. The standard InChI is InChI=1S/C21H21Cl2N3O4S/c1-14-2-5-16(6-3-14)31(29,30)25-10-8-24(9-11-25)19-13-20(27)26(21(19)28)15-4-7-17(22)18(23)12-15/h2-7,12,19H,8-11,13H2,1H3/t19-/m1/s1. The first-order chi connectivity index (χ1) is 14.7. The molecule has 0 spiro atoms. The van der Waals surface area contributed by atoms with Crippen molar-refractivity contribution in [2.45, 2.75) is 24.3 Å². The van der Waals surface area contributed by atoms with E-state index in [4.69, 9.17) is 23.2 Å². The minimum atomic E-state index is -3.60. The third-order valence-electron chi connectivity index (χ3n) is 5.66. The summed E-state index contributed by atoms with van der Waals surface area (Å²) < 4.78 is 27.2. The summed E-state index contributed by atoms with van der Waals surface area (Å²) in [4.78, 5) is 28.8. The number of sulfonamides is 1. The topological polar surface area (TPSA) is 78.0 Å². The molecule has 1 atom stereocenters. The molecule has 2 amide bonds. The first-order valence-corrected chi connectivity index (χ1v) is 12.0. The molecule has 0 unspecified atom stereocenters. The highest BCUT2D eigenvalue weighted by atomic mass is 35.5. The summed E-state index contributed by atoms with van der Waals surface area (Å²) in [6.07, 6.45) is 0.0454. The molecule has 0 N–H and O–H groups in total. The number of carbonyl (C=O) groups is 2. The monoisotopic (exact) mass is 481 g/mol. The van der Waals surface area contributed by atoms with Gasteiger partial charge >= 0.3 is 0 Å². The summed E-state index contributed by atoms with van der Waals surface area (Å²) in [7, 11) is -3.60. The van der Waals surface area contributed by atoms with Crippen LogP contribution < -0.4 is 4.90 Å². The van der Waals surface area contributed by atoms with E-state index in [9.17, 15) is 18.0 Å². The zero-order valence-corrected chi connectivity index (χ0v) is 19.1. The maximum atomic E-state index is 13.0. The quantitative estimate of drug-likeness (QED) is 0.627. The molecule has 0 saturated carbocycles. The molecule has 2 saturated heterocycles. The van der Waals surface area contributed by atoms with Gasteiger partial charge in [0.05, 0.1) is 33.1 Å². The maximum Gasteiger partial charge on any atom is 0.251 e. The maximum absolute atomic E-state index is 13.0. The summed E-state index contributed by atoms with van der Waals surface area (Å²) in [5, 5.41) is 0.602.